The smallest absolute Gasteiger partial charge is 0.0718 e. The molecule has 0 amide bonds. The maximum absolute atomic E-state index is 12.6. The van der Waals surface area contributed by atoms with Crippen LogP contribution < -0.4 is 0 Å². The van der Waals surface area contributed by atoms with Crippen LogP contribution in [0.3, 0.4) is 0 Å². The Labute approximate surface area is 106 Å². The van der Waals surface area contributed by atoms with Gasteiger partial charge in [-0.15, -0.1) is 0 Å². The lowest BCUT2D eigenvalue weighted by Gasteiger charge is -2.23. The summed E-state index contributed by atoms with van der Waals surface area (Å²) < 4.78 is 33.2. The first kappa shape index (κ1) is 15.0. The van der Waals surface area contributed by atoms with Gasteiger partial charge < -0.3 is 0 Å². The zero-order valence-corrected chi connectivity index (χ0v) is 12.9. The molecule has 1 heterocycles. The maximum Gasteiger partial charge on any atom is 0.0718 e. The molecule has 1 rings (SSSR count). The second kappa shape index (κ2) is 5.69. The summed E-state index contributed by atoms with van der Waals surface area (Å²) >= 11 is 0. The Hall–Kier alpha value is -0.100. The molecule has 0 spiro atoms. The highest BCUT2D eigenvalue weighted by Gasteiger charge is 2.24. The quantitative estimate of drug-likeness (QED) is 0.792. The first-order chi connectivity index (χ1) is 7.79. The van der Waals surface area contributed by atoms with Gasteiger partial charge in [-0.25, -0.2) is 12.9 Å². The Balaban J connectivity index is 2.95. The van der Waals surface area contributed by atoms with Crippen molar-refractivity contribution in [3.63, 3.8) is 0 Å². The number of hydrogen-bond donors (Lipinski definition) is 0. The van der Waals surface area contributed by atoms with Gasteiger partial charge in [-0.3, -0.25) is 4.21 Å². The van der Waals surface area contributed by atoms with Gasteiger partial charge in [0.15, 0.2) is 0 Å². The van der Waals surface area contributed by atoms with Crippen LogP contribution in [-0.4, -0.2) is 44.0 Å². The first-order valence-electron chi connectivity index (χ1n) is 6.17. The van der Waals surface area contributed by atoms with Crippen molar-refractivity contribution < 1.29 is 8.42 Å². The summed E-state index contributed by atoms with van der Waals surface area (Å²) in [6.45, 7) is 6.36. The molecule has 0 aromatic heterocycles. The van der Waals surface area contributed by atoms with E-state index in [-0.39, 0.29) is 11.3 Å². The Bertz CT molecular complexity index is 482. The molecule has 6 heteroatoms. The van der Waals surface area contributed by atoms with Crippen molar-refractivity contribution in [2.45, 2.75) is 44.9 Å². The minimum absolute atomic E-state index is 0.0347. The maximum atomic E-state index is 12.6. The van der Waals surface area contributed by atoms with Crippen LogP contribution in [-0.2, 0) is 19.5 Å². The Morgan fingerprint density at radius 1 is 1.53 bits per heavy atom. The Kier molecular flexibility index (Phi) is 5.01. The zero-order valence-electron chi connectivity index (χ0n) is 11.2. The minimum Gasteiger partial charge on any atom is -0.250 e. The molecular formula is C11H24N2O2S2. The standard InChI is InChI=1S/C11H24N2O2S2/c1-5-12-17(15,10(2)3)9-11-7-6-8-16(4,14)13-11/h10-11H,5-9H2,1-4H3/t11?,16-,17?/m0/s1. The number of hydrogen-bond acceptors (Lipinski definition) is 4. The fraction of sp³-hybridized carbons (Fsp3) is 1.00. The van der Waals surface area contributed by atoms with Crippen LogP contribution in [0.4, 0.5) is 0 Å². The Morgan fingerprint density at radius 2 is 2.18 bits per heavy atom. The van der Waals surface area contributed by atoms with Crippen LogP contribution >= 0.6 is 0 Å². The van der Waals surface area contributed by atoms with Gasteiger partial charge in [0, 0.05) is 33.5 Å². The second-order valence-corrected chi connectivity index (χ2v) is 10.4. The molecule has 2 unspecified atom stereocenters. The largest absolute Gasteiger partial charge is 0.250 e. The van der Waals surface area contributed by atoms with Crippen LogP contribution in [0.15, 0.2) is 8.73 Å². The highest BCUT2D eigenvalue weighted by molar-refractivity contribution is 7.94. The van der Waals surface area contributed by atoms with E-state index in [9.17, 15) is 8.42 Å². The van der Waals surface area contributed by atoms with Gasteiger partial charge in [-0.2, -0.15) is 0 Å². The van der Waals surface area contributed by atoms with E-state index in [1.54, 1.807) is 6.26 Å². The highest BCUT2D eigenvalue weighted by Crippen LogP contribution is 2.19. The van der Waals surface area contributed by atoms with Crippen molar-refractivity contribution in [2.24, 2.45) is 8.73 Å². The summed E-state index contributed by atoms with van der Waals surface area (Å²) in [5.41, 5.74) is 0. The molecule has 0 bridgehead atoms. The summed E-state index contributed by atoms with van der Waals surface area (Å²) in [4.78, 5) is 0. The van der Waals surface area contributed by atoms with E-state index in [0.29, 0.717) is 18.1 Å². The molecule has 0 saturated heterocycles. The highest BCUT2D eigenvalue weighted by atomic mass is 32.2. The van der Waals surface area contributed by atoms with Crippen molar-refractivity contribution in [2.75, 3.05) is 24.3 Å². The Morgan fingerprint density at radius 3 is 2.65 bits per heavy atom. The average Bonchev–Trinajstić information content (AvgIpc) is 2.15. The molecule has 17 heavy (non-hydrogen) atoms. The molecule has 4 nitrogen and oxygen atoms in total. The van der Waals surface area contributed by atoms with Gasteiger partial charge in [-0.05, 0) is 19.8 Å². The number of rotatable bonds is 4. The van der Waals surface area contributed by atoms with Gasteiger partial charge in [0.05, 0.1) is 21.5 Å². The van der Waals surface area contributed by atoms with Crippen molar-refractivity contribution in [1.82, 2.24) is 0 Å². The lowest BCUT2D eigenvalue weighted by atomic mass is 10.2. The summed E-state index contributed by atoms with van der Waals surface area (Å²) in [6, 6.07) is -0.0357. The third-order valence-electron chi connectivity index (χ3n) is 2.95. The fourth-order valence-corrected chi connectivity index (χ4v) is 5.74. The van der Waals surface area contributed by atoms with E-state index < -0.39 is 19.5 Å². The van der Waals surface area contributed by atoms with Crippen LogP contribution in [0, 0.1) is 0 Å². The van der Waals surface area contributed by atoms with E-state index in [4.69, 9.17) is 0 Å². The van der Waals surface area contributed by atoms with E-state index >= 15 is 0 Å². The van der Waals surface area contributed by atoms with E-state index in [0.717, 1.165) is 12.8 Å². The lowest BCUT2D eigenvalue weighted by Crippen LogP contribution is -2.29. The van der Waals surface area contributed by atoms with E-state index in [1.165, 1.54) is 0 Å². The van der Waals surface area contributed by atoms with Gasteiger partial charge in [0.2, 0.25) is 0 Å². The summed E-state index contributed by atoms with van der Waals surface area (Å²) in [5.74, 6) is 1.15. The minimum atomic E-state index is -2.20. The SMILES string of the molecule is CCN=S(=O)(CC1CCC[S@](C)(=O)=N1)C(C)C. The number of nitrogens with zero attached hydrogens (tertiary/aromatic N) is 2. The molecule has 0 fully saturated rings. The van der Waals surface area contributed by atoms with Crippen molar-refractivity contribution in [1.29, 1.82) is 0 Å². The third-order valence-corrected chi connectivity index (χ3v) is 7.77. The average molecular weight is 280 g/mol. The predicted molar refractivity (Wildman–Crippen MR) is 75.5 cm³/mol. The molecule has 0 aromatic carbocycles. The normalized spacial score (nSPS) is 32.9. The molecule has 1 aliphatic heterocycles. The van der Waals surface area contributed by atoms with Crippen LogP contribution in [0.5, 0.6) is 0 Å². The fourth-order valence-electron chi connectivity index (χ4n) is 2.01. The molecule has 3 atom stereocenters. The van der Waals surface area contributed by atoms with Crippen molar-refractivity contribution in [3.8, 4) is 0 Å². The van der Waals surface area contributed by atoms with Crippen LogP contribution in [0.25, 0.3) is 0 Å². The van der Waals surface area contributed by atoms with Crippen molar-refractivity contribution in [3.05, 3.63) is 0 Å². The topological polar surface area (TPSA) is 58.9 Å². The molecule has 0 N–H and O–H groups in total. The van der Waals surface area contributed by atoms with Crippen LogP contribution in [0.1, 0.15) is 33.6 Å². The first-order valence-corrected chi connectivity index (χ1v) is 10.0. The summed E-state index contributed by atoms with van der Waals surface area (Å²) in [7, 11) is -4.24. The van der Waals surface area contributed by atoms with Gasteiger partial charge >= 0.3 is 0 Å². The third kappa shape index (κ3) is 4.25. The van der Waals surface area contributed by atoms with Crippen molar-refractivity contribution >= 4 is 19.5 Å². The second-order valence-electron chi connectivity index (χ2n) is 4.92. The molecule has 0 saturated carbocycles. The van der Waals surface area contributed by atoms with Crippen LogP contribution in [0.2, 0.25) is 0 Å². The molecule has 0 aromatic rings. The summed E-state index contributed by atoms with van der Waals surface area (Å²) in [6.07, 6.45) is 3.52. The molecular weight excluding hydrogens is 256 g/mol. The summed E-state index contributed by atoms with van der Waals surface area (Å²) in [5, 5.41) is 0.0347. The van der Waals surface area contributed by atoms with E-state index in [2.05, 4.69) is 8.73 Å². The lowest BCUT2D eigenvalue weighted by molar-refractivity contribution is 0.605. The van der Waals surface area contributed by atoms with Gasteiger partial charge in [-0.1, -0.05) is 13.8 Å². The molecule has 0 aliphatic carbocycles. The molecule has 1 aliphatic rings. The van der Waals surface area contributed by atoms with Gasteiger partial charge in [0.1, 0.15) is 0 Å². The predicted octanol–water partition coefficient (Wildman–Crippen LogP) is 2.14. The molecule has 0 radical (unpaired) electrons. The molecule has 102 valence electrons. The van der Waals surface area contributed by atoms with Gasteiger partial charge in [0.25, 0.3) is 0 Å². The zero-order chi connectivity index (χ0) is 13.1. The van der Waals surface area contributed by atoms with E-state index in [1.807, 2.05) is 20.8 Å². The monoisotopic (exact) mass is 280 g/mol.